The van der Waals surface area contributed by atoms with Crippen LogP contribution in [-0.2, 0) is 11.4 Å². The first kappa shape index (κ1) is 29.6. The number of hydrogen-bond acceptors (Lipinski definition) is 6. The van der Waals surface area contributed by atoms with Gasteiger partial charge in [-0.25, -0.2) is 10.2 Å². The number of nitrogens with zero attached hydrogens (tertiary/aromatic N) is 1. The van der Waals surface area contributed by atoms with Gasteiger partial charge in [0, 0.05) is 10.6 Å². The third-order valence-corrected chi connectivity index (χ3v) is 6.95. The van der Waals surface area contributed by atoms with Crippen LogP contribution in [0.1, 0.15) is 28.4 Å². The SMILES string of the molecule is C[C@H](Oc1ccc(OCc2ccccc2)cc1)C(=O)N/N=C\c1c(OC(=O)c2ccc(Cl)cc2Cl)ccc2ccccc12. The number of carbonyl (C=O) groups excluding carboxylic acids is 2. The minimum atomic E-state index is -0.843. The van der Waals surface area contributed by atoms with Crippen LogP contribution in [0, 0.1) is 0 Å². The van der Waals surface area contributed by atoms with Crippen LogP contribution in [0.3, 0.4) is 0 Å². The van der Waals surface area contributed by atoms with Crippen LogP contribution >= 0.6 is 23.2 Å². The van der Waals surface area contributed by atoms with Crippen molar-refractivity contribution in [2.45, 2.75) is 19.6 Å². The van der Waals surface area contributed by atoms with Crippen molar-refractivity contribution in [3.05, 3.63) is 136 Å². The largest absolute Gasteiger partial charge is 0.489 e. The molecule has 0 aliphatic rings. The van der Waals surface area contributed by atoms with E-state index in [9.17, 15) is 9.59 Å². The van der Waals surface area contributed by atoms with Crippen molar-refractivity contribution in [2.24, 2.45) is 5.10 Å². The summed E-state index contributed by atoms with van der Waals surface area (Å²) < 4.78 is 17.3. The summed E-state index contributed by atoms with van der Waals surface area (Å²) in [6.07, 6.45) is 0.586. The molecule has 0 spiro atoms. The van der Waals surface area contributed by atoms with Crippen molar-refractivity contribution >= 4 is 52.1 Å². The van der Waals surface area contributed by atoms with Gasteiger partial charge in [0.05, 0.1) is 16.8 Å². The Morgan fingerprint density at radius 1 is 0.860 bits per heavy atom. The summed E-state index contributed by atoms with van der Waals surface area (Å²) in [6.45, 7) is 2.07. The van der Waals surface area contributed by atoms with Gasteiger partial charge in [0.2, 0.25) is 0 Å². The summed E-state index contributed by atoms with van der Waals surface area (Å²) in [7, 11) is 0. The second-order valence-electron chi connectivity index (χ2n) is 9.45. The van der Waals surface area contributed by atoms with E-state index in [1.54, 1.807) is 43.3 Å². The molecule has 5 aromatic carbocycles. The van der Waals surface area contributed by atoms with E-state index in [4.69, 9.17) is 37.4 Å². The molecule has 0 unspecified atom stereocenters. The van der Waals surface area contributed by atoms with Gasteiger partial charge in [-0.1, -0.05) is 83.9 Å². The molecule has 0 fully saturated rings. The maximum Gasteiger partial charge on any atom is 0.345 e. The van der Waals surface area contributed by atoms with E-state index in [-0.39, 0.29) is 16.3 Å². The Morgan fingerprint density at radius 3 is 2.35 bits per heavy atom. The van der Waals surface area contributed by atoms with E-state index in [2.05, 4.69) is 10.5 Å². The van der Waals surface area contributed by atoms with Gasteiger partial charge in [-0.05, 0) is 71.8 Å². The smallest absolute Gasteiger partial charge is 0.345 e. The van der Waals surface area contributed by atoms with Crippen LogP contribution in [-0.4, -0.2) is 24.2 Å². The predicted molar refractivity (Wildman–Crippen MR) is 168 cm³/mol. The molecule has 1 amide bonds. The number of nitrogens with one attached hydrogen (secondary N) is 1. The fourth-order valence-electron chi connectivity index (χ4n) is 4.17. The summed E-state index contributed by atoms with van der Waals surface area (Å²) in [5.41, 5.74) is 4.22. The molecule has 0 aromatic heterocycles. The number of amides is 1. The Kier molecular flexibility index (Phi) is 9.56. The molecule has 1 atom stereocenters. The zero-order valence-electron chi connectivity index (χ0n) is 23.0. The topological polar surface area (TPSA) is 86.2 Å². The Labute approximate surface area is 258 Å². The average molecular weight is 613 g/mol. The van der Waals surface area contributed by atoms with E-state index in [0.29, 0.717) is 28.7 Å². The van der Waals surface area contributed by atoms with E-state index in [1.807, 2.05) is 60.7 Å². The minimum Gasteiger partial charge on any atom is -0.489 e. The van der Waals surface area contributed by atoms with Gasteiger partial charge < -0.3 is 14.2 Å². The number of esters is 1. The normalized spacial score (nSPS) is 11.7. The lowest BCUT2D eigenvalue weighted by molar-refractivity contribution is -0.127. The Bertz CT molecular complexity index is 1780. The first-order valence-electron chi connectivity index (χ1n) is 13.3. The van der Waals surface area contributed by atoms with E-state index in [0.717, 1.165) is 16.3 Å². The number of carbonyl (C=O) groups is 2. The van der Waals surface area contributed by atoms with Crippen LogP contribution in [0.4, 0.5) is 0 Å². The van der Waals surface area contributed by atoms with Gasteiger partial charge in [0.25, 0.3) is 5.91 Å². The summed E-state index contributed by atoms with van der Waals surface area (Å²) in [5, 5.41) is 6.37. The highest BCUT2D eigenvalue weighted by Gasteiger charge is 2.17. The molecule has 9 heteroatoms. The summed E-state index contributed by atoms with van der Waals surface area (Å²) in [6, 6.07) is 32.4. The number of ether oxygens (including phenoxy) is 3. The maximum absolute atomic E-state index is 12.9. The molecule has 0 aliphatic carbocycles. The molecule has 0 saturated carbocycles. The summed E-state index contributed by atoms with van der Waals surface area (Å²) in [5.74, 6) is 0.304. The highest BCUT2D eigenvalue weighted by Crippen LogP contribution is 2.29. The van der Waals surface area contributed by atoms with Crippen LogP contribution in [0.2, 0.25) is 10.0 Å². The average Bonchev–Trinajstić information content (AvgIpc) is 3.02. The van der Waals surface area contributed by atoms with Crippen molar-refractivity contribution in [3.63, 3.8) is 0 Å². The fraction of sp³-hybridized carbons (Fsp3) is 0.0882. The second-order valence-corrected chi connectivity index (χ2v) is 10.3. The van der Waals surface area contributed by atoms with Crippen molar-refractivity contribution < 1.29 is 23.8 Å². The lowest BCUT2D eigenvalue weighted by atomic mass is 10.0. The molecule has 216 valence electrons. The van der Waals surface area contributed by atoms with Crippen LogP contribution in [0.25, 0.3) is 10.8 Å². The lowest BCUT2D eigenvalue weighted by Gasteiger charge is -2.14. The number of benzene rings is 5. The zero-order chi connectivity index (χ0) is 30.2. The maximum atomic E-state index is 12.9. The third kappa shape index (κ3) is 7.71. The number of fused-ring (bicyclic) bond motifs is 1. The van der Waals surface area contributed by atoms with Gasteiger partial charge in [-0.2, -0.15) is 5.10 Å². The second kappa shape index (κ2) is 13.9. The number of hydrogen-bond donors (Lipinski definition) is 1. The molecule has 0 aliphatic heterocycles. The molecular formula is C34H26Cl2N2O5. The number of hydrazone groups is 1. The molecule has 0 heterocycles. The summed E-state index contributed by atoms with van der Waals surface area (Å²) in [4.78, 5) is 25.7. The monoisotopic (exact) mass is 612 g/mol. The minimum absolute atomic E-state index is 0.164. The van der Waals surface area contributed by atoms with Crippen LogP contribution in [0.5, 0.6) is 17.2 Å². The van der Waals surface area contributed by atoms with Gasteiger partial charge in [-0.15, -0.1) is 0 Å². The quantitative estimate of drug-likeness (QED) is 0.0750. The van der Waals surface area contributed by atoms with Crippen molar-refractivity contribution in [3.8, 4) is 17.2 Å². The highest BCUT2D eigenvalue weighted by molar-refractivity contribution is 6.36. The van der Waals surface area contributed by atoms with E-state index in [1.165, 1.54) is 18.3 Å². The highest BCUT2D eigenvalue weighted by atomic mass is 35.5. The molecule has 43 heavy (non-hydrogen) atoms. The molecule has 0 radical (unpaired) electrons. The zero-order valence-corrected chi connectivity index (χ0v) is 24.5. The fourth-order valence-corrected chi connectivity index (χ4v) is 4.66. The molecule has 0 saturated heterocycles. The Morgan fingerprint density at radius 2 is 1.58 bits per heavy atom. The predicted octanol–water partition coefficient (Wildman–Crippen LogP) is 7.86. The number of rotatable bonds is 10. The molecule has 0 bridgehead atoms. The van der Waals surface area contributed by atoms with Gasteiger partial charge in [-0.3, -0.25) is 4.79 Å². The van der Waals surface area contributed by atoms with Crippen LogP contribution in [0.15, 0.2) is 114 Å². The Hall–Kier alpha value is -4.85. The van der Waals surface area contributed by atoms with Crippen molar-refractivity contribution in [1.82, 2.24) is 5.43 Å². The van der Waals surface area contributed by atoms with Crippen molar-refractivity contribution in [1.29, 1.82) is 0 Å². The van der Waals surface area contributed by atoms with Gasteiger partial charge in [0.1, 0.15) is 23.9 Å². The first-order chi connectivity index (χ1) is 20.9. The molecule has 5 rings (SSSR count). The lowest BCUT2D eigenvalue weighted by Crippen LogP contribution is -2.33. The van der Waals surface area contributed by atoms with E-state index >= 15 is 0 Å². The number of halogens is 2. The van der Waals surface area contributed by atoms with E-state index < -0.39 is 18.0 Å². The molecule has 1 N–H and O–H groups in total. The molecule has 5 aromatic rings. The van der Waals surface area contributed by atoms with Crippen LogP contribution < -0.4 is 19.6 Å². The standard InChI is InChI=1S/C34H26Cl2N2O5/c1-22(42-27-15-13-26(14-16-27)41-21-23-7-3-2-4-8-23)33(39)38-37-20-30-28-10-6-5-9-24(28)11-18-32(30)43-34(40)29-17-12-25(35)19-31(29)36/h2-20,22H,21H2,1H3,(H,38,39)/b37-20-/t22-/m0/s1. The van der Waals surface area contributed by atoms with Gasteiger partial charge >= 0.3 is 5.97 Å². The Balaban J connectivity index is 1.24. The summed E-state index contributed by atoms with van der Waals surface area (Å²) >= 11 is 12.2. The molecular weight excluding hydrogens is 587 g/mol. The third-order valence-electron chi connectivity index (χ3n) is 6.41. The molecule has 7 nitrogen and oxygen atoms in total. The van der Waals surface area contributed by atoms with Gasteiger partial charge in [0.15, 0.2) is 6.10 Å². The first-order valence-corrected chi connectivity index (χ1v) is 14.1. The van der Waals surface area contributed by atoms with Crippen molar-refractivity contribution in [2.75, 3.05) is 0 Å².